The van der Waals surface area contributed by atoms with E-state index in [0.717, 1.165) is 0 Å². The van der Waals surface area contributed by atoms with Gasteiger partial charge in [0.15, 0.2) is 0 Å². The summed E-state index contributed by atoms with van der Waals surface area (Å²) in [4.78, 5) is 0. The highest BCUT2D eigenvalue weighted by Gasteiger charge is 2.09. The van der Waals surface area contributed by atoms with Crippen molar-refractivity contribution in [2.75, 3.05) is 18.5 Å². The Morgan fingerprint density at radius 2 is 1.67 bits per heavy atom. The summed E-state index contributed by atoms with van der Waals surface area (Å²) < 4.78 is 0. The van der Waals surface area contributed by atoms with Gasteiger partial charge in [-0.3, -0.25) is 0 Å². The maximum Gasteiger partial charge on any atom is 0.0490 e. The van der Waals surface area contributed by atoms with E-state index in [2.05, 4.69) is 34.7 Å². The minimum Gasteiger partial charge on any atom is -0.319 e. The fraction of sp³-hybridized carbons (Fsp3) is 0.400. The summed E-state index contributed by atoms with van der Waals surface area (Å²) in [5, 5.41) is 2.27. The number of para-hydroxylation sites is 1. The lowest BCUT2D eigenvalue weighted by atomic mass is 10.3. The Labute approximate surface area is 73.2 Å². The van der Waals surface area contributed by atoms with Crippen LogP contribution in [0.2, 0.25) is 0 Å². The first kappa shape index (κ1) is 7.62. The third-order valence-electron chi connectivity index (χ3n) is 2.17. The molecule has 0 spiro atoms. The largest absolute Gasteiger partial charge is 0.319 e. The van der Waals surface area contributed by atoms with Crippen LogP contribution in [0.5, 0.6) is 0 Å². The van der Waals surface area contributed by atoms with Crippen LogP contribution in [0.4, 0.5) is 5.69 Å². The monoisotopic (exact) mass is 162 g/mol. The molecular formula is C10H14N2. The van der Waals surface area contributed by atoms with Crippen molar-refractivity contribution in [3.8, 4) is 0 Å². The lowest BCUT2D eigenvalue weighted by Crippen LogP contribution is -2.25. The van der Waals surface area contributed by atoms with Crippen molar-refractivity contribution >= 4 is 5.69 Å². The van der Waals surface area contributed by atoms with Gasteiger partial charge >= 0.3 is 0 Å². The van der Waals surface area contributed by atoms with Crippen molar-refractivity contribution in [1.82, 2.24) is 5.01 Å². The number of nitrogens with one attached hydrogen (secondary N) is 1. The summed E-state index contributed by atoms with van der Waals surface area (Å²) in [5.41, 5.74) is 4.57. The molecule has 0 radical (unpaired) electrons. The van der Waals surface area contributed by atoms with Crippen molar-refractivity contribution in [1.29, 1.82) is 0 Å². The van der Waals surface area contributed by atoms with Gasteiger partial charge in [0.25, 0.3) is 0 Å². The quantitative estimate of drug-likeness (QED) is 0.716. The summed E-state index contributed by atoms with van der Waals surface area (Å²) >= 11 is 0. The number of hydrazine groups is 1. The molecule has 1 fully saturated rings. The molecule has 0 amide bonds. The van der Waals surface area contributed by atoms with Crippen LogP contribution in [0, 0.1) is 0 Å². The fourth-order valence-electron chi connectivity index (χ4n) is 1.52. The minimum atomic E-state index is 1.18. The Kier molecular flexibility index (Phi) is 2.28. The molecule has 0 aliphatic carbocycles. The lowest BCUT2D eigenvalue weighted by Gasteiger charge is -2.17. The second kappa shape index (κ2) is 3.59. The van der Waals surface area contributed by atoms with Crippen LogP contribution in [-0.2, 0) is 0 Å². The Bertz CT molecular complexity index is 227. The predicted octanol–water partition coefficient (Wildman–Crippen LogP) is 2.11. The smallest absolute Gasteiger partial charge is 0.0490 e. The fourth-order valence-corrected chi connectivity index (χ4v) is 1.52. The summed E-state index contributed by atoms with van der Waals surface area (Å²) in [6, 6.07) is 10.3. The molecule has 1 aromatic carbocycles. The molecule has 64 valence electrons. The highest BCUT2D eigenvalue weighted by Crippen LogP contribution is 2.11. The summed E-state index contributed by atoms with van der Waals surface area (Å²) in [7, 11) is 0. The van der Waals surface area contributed by atoms with Crippen LogP contribution in [0.15, 0.2) is 30.3 Å². The zero-order valence-electron chi connectivity index (χ0n) is 7.16. The van der Waals surface area contributed by atoms with Crippen molar-refractivity contribution < 1.29 is 0 Å². The van der Waals surface area contributed by atoms with Crippen molar-refractivity contribution in [3.63, 3.8) is 0 Å². The average Bonchev–Trinajstić information content (AvgIpc) is 2.59. The summed E-state index contributed by atoms with van der Waals surface area (Å²) in [6.07, 6.45) is 2.64. The predicted molar refractivity (Wildman–Crippen MR) is 50.9 cm³/mol. The molecule has 1 heterocycles. The first-order chi connectivity index (χ1) is 5.95. The zero-order valence-corrected chi connectivity index (χ0v) is 7.16. The second-order valence-electron chi connectivity index (χ2n) is 3.17. The number of hydrogen-bond donors (Lipinski definition) is 1. The van der Waals surface area contributed by atoms with Gasteiger partial charge < -0.3 is 5.43 Å². The van der Waals surface area contributed by atoms with Gasteiger partial charge in [-0.2, -0.15) is 0 Å². The summed E-state index contributed by atoms with van der Waals surface area (Å²) in [5.74, 6) is 0. The molecule has 0 atom stereocenters. The maximum absolute atomic E-state index is 3.37. The van der Waals surface area contributed by atoms with Gasteiger partial charge in [-0.05, 0) is 25.0 Å². The van der Waals surface area contributed by atoms with Crippen LogP contribution in [0.25, 0.3) is 0 Å². The standard InChI is InChI=1S/C10H14N2/c1-2-6-10(7-3-1)11-12-8-4-5-9-12/h1-3,6-7,11H,4-5,8-9H2. The van der Waals surface area contributed by atoms with Gasteiger partial charge in [-0.15, -0.1) is 0 Å². The molecule has 0 aromatic heterocycles. The van der Waals surface area contributed by atoms with E-state index >= 15 is 0 Å². The lowest BCUT2D eigenvalue weighted by molar-refractivity contribution is 0.410. The van der Waals surface area contributed by atoms with Gasteiger partial charge in [0.2, 0.25) is 0 Å². The first-order valence-electron chi connectivity index (χ1n) is 4.52. The average molecular weight is 162 g/mol. The molecule has 1 saturated heterocycles. The van der Waals surface area contributed by atoms with Gasteiger partial charge in [0.1, 0.15) is 0 Å². The molecule has 2 nitrogen and oxygen atoms in total. The van der Waals surface area contributed by atoms with E-state index < -0.39 is 0 Å². The van der Waals surface area contributed by atoms with Crippen LogP contribution in [-0.4, -0.2) is 18.1 Å². The third kappa shape index (κ3) is 1.77. The third-order valence-corrected chi connectivity index (χ3v) is 2.17. The Morgan fingerprint density at radius 3 is 2.33 bits per heavy atom. The maximum atomic E-state index is 3.37. The van der Waals surface area contributed by atoms with E-state index in [-0.39, 0.29) is 0 Å². The molecule has 1 N–H and O–H groups in total. The summed E-state index contributed by atoms with van der Waals surface area (Å²) in [6.45, 7) is 2.35. The van der Waals surface area contributed by atoms with Crippen LogP contribution >= 0.6 is 0 Å². The molecule has 0 unspecified atom stereocenters. The molecular weight excluding hydrogens is 148 g/mol. The molecule has 1 aromatic rings. The Hall–Kier alpha value is -1.02. The van der Waals surface area contributed by atoms with Crippen molar-refractivity contribution in [2.45, 2.75) is 12.8 Å². The molecule has 1 aliphatic heterocycles. The number of hydrogen-bond acceptors (Lipinski definition) is 2. The van der Waals surface area contributed by atoms with Gasteiger partial charge in [0, 0.05) is 18.8 Å². The zero-order chi connectivity index (χ0) is 8.23. The van der Waals surface area contributed by atoms with Crippen LogP contribution in [0.3, 0.4) is 0 Å². The van der Waals surface area contributed by atoms with E-state index in [4.69, 9.17) is 0 Å². The highest BCUT2D eigenvalue weighted by atomic mass is 15.5. The van der Waals surface area contributed by atoms with Gasteiger partial charge in [0.05, 0.1) is 0 Å². The van der Waals surface area contributed by atoms with E-state index in [9.17, 15) is 0 Å². The number of benzene rings is 1. The topological polar surface area (TPSA) is 15.3 Å². The SMILES string of the molecule is c1ccc(NN2CCCC2)cc1. The number of nitrogens with zero attached hydrogens (tertiary/aromatic N) is 1. The van der Waals surface area contributed by atoms with Gasteiger partial charge in [-0.25, -0.2) is 5.01 Å². The Balaban J connectivity index is 1.94. The van der Waals surface area contributed by atoms with E-state index in [1.165, 1.54) is 31.6 Å². The number of anilines is 1. The minimum absolute atomic E-state index is 1.18. The van der Waals surface area contributed by atoms with Crippen LogP contribution < -0.4 is 5.43 Å². The first-order valence-corrected chi connectivity index (χ1v) is 4.52. The molecule has 2 rings (SSSR count). The van der Waals surface area contributed by atoms with E-state index in [1.807, 2.05) is 6.07 Å². The van der Waals surface area contributed by atoms with Crippen molar-refractivity contribution in [2.24, 2.45) is 0 Å². The molecule has 2 heteroatoms. The van der Waals surface area contributed by atoms with Crippen molar-refractivity contribution in [3.05, 3.63) is 30.3 Å². The molecule has 0 bridgehead atoms. The van der Waals surface area contributed by atoms with E-state index in [1.54, 1.807) is 0 Å². The van der Waals surface area contributed by atoms with E-state index in [0.29, 0.717) is 0 Å². The molecule has 0 saturated carbocycles. The highest BCUT2D eigenvalue weighted by molar-refractivity contribution is 5.41. The normalized spacial score (nSPS) is 18.0. The van der Waals surface area contributed by atoms with Gasteiger partial charge in [-0.1, -0.05) is 18.2 Å². The molecule has 12 heavy (non-hydrogen) atoms. The second-order valence-corrected chi connectivity index (χ2v) is 3.17. The Morgan fingerprint density at radius 1 is 1.00 bits per heavy atom. The number of rotatable bonds is 2. The molecule has 1 aliphatic rings. The van der Waals surface area contributed by atoms with Crippen LogP contribution in [0.1, 0.15) is 12.8 Å².